The summed E-state index contributed by atoms with van der Waals surface area (Å²) in [4.78, 5) is 34.9. The number of hydrogen-bond acceptors (Lipinski definition) is 4. The number of carbonyl (C=O) groups is 2. The normalized spacial score (nSPS) is 15.1. The number of ether oxygens (including phenoxy) is 1. The van der Waals surface area contributed by atoms with Gasteiger partial charge in [-0.3, -0.25) is 14.5 Å². The van der Waals surface area contributed by atoms with E-state index in [0.717, 1.165) is 17.5 Å². The first-order valence-corrected chi connectivity index (χ1v) is 11.5. The Morgan fingerprint density at radius 2 is 1.88 bits per heavy atom. The van der Waals surface area contributed by atoms with Crippen LogP contribution in [0.25, 0.3) is 10.9 Å². The first kappa shape index (κ1) is 21.7. The number of fused-ring (bicyclic) bond motifs is 2. The summed E-state index contributed by atoms with van der Waals surface area (Å²) < 4.78 is 5.97. The fraction of sp³-hybridized carbons (Fsp3) is 0.222. The third kappa shape index (κ3) is 4.50. The molecule has 2 amide bonds. The maximum Gasteiger partial charge on any atom is 0.274 e. The van der Waals surface area contributed by atoms with Crippen LogP contribution in [-0.4, -0.2) is 34.9 Å². The summed E-state index contributed by atoms with van der Waals surface area (Å²) in [6, 6.07) is 21.2. The third-order valence-corrected chi connectivity index (χ3v) is 6.02. The number of benzene rings is 2. The average molecular weight is 455 g/mol. The van der Waals surface area contributed by atoms with E-state index < -0.39 is 6.10 Å². The summed E-state index contributed by atoms with van der Waals surface area (Å²) in [5, 5.41) is 4.17. The summed E-state index contributed by atoms with van der Waals surface area (Å²) >= 11 is 0. The molecule has 1 unspecified atom stereocenters. The minimum absolute atomic E-state index is 0.0265. The van der Waals surface area contributed by atoms with E-state index >= 15 is 0 Å². The quantitative estimate of drug-likeness (QED) is 0.418. The number of nitrogens with one attached hydrogen (secondary N) is 2. The molecule has 172 valence electrons. The Balaban J connectivity index is 1.17. The molecule has 4 aromatic rings. The summed E-state index contributed by atoms with van der Waals surface area (Å²) in [6.07, 6.45) is 4.53. The van der Waals surface area contributed by atoms with E-state index in [1.165, 1.54) is 10.9 Å². The smallest absolute Gasteiger partial charge is 0.274 e. The third-order valence-electron chi connectivity index (χ3n) is 6.02. The topological polar surface area (TPSA) is 87.3 Å². The SMILES string of the molecule is O=C(CCCN1C(=O)C(c2ccccc2)Oc2cccnc21)NCCc1c[nH]c2ccccc12. The molecular weight excluding hydrogens is 428 g/mol. The van der Waals surface area contributed by atoms with Gasteiger partial charge in [0.05, 0.1) is 0 Å². The highest BCUT2D eigenvalue weighted by atomic mass is 16.5. The molecule has 0 saturated carbocycles. The molecule has 0 saturated heterocycles. The number of anilines is 1. The van der Waals surface area contributed by atoms with Crippen molar-refractivity contribution >= 4 is 28.5 Å². The Labute approximate surface area is 197 Å². The maximum absolute atomic E-state index is 13.2. The number of aromatic amines is 1. The largest absolute Gasteiger partial charge is 0.472 e. The Hall–Kier alpha value is -4.13. The van der Waals surface area contributed by atoms with E-state index in [1.807, 2.05) is 60.8 Å². The lowest BCUT2D eigenvalue weighted by molar-refractivity contribution is -0.127. The van der Waals surface area contributed by atoms with Crippen LogP contribution in [0.2, 0.25) is 0 Å². The predicted octanol–water partition coefficient (Wildman–Crippen LogP) is 4.17. The van der Waals surface area contributed by atoms with Crippen LogP contribution in [0.1, 0.15) is 30.1 Å². The Bertz CT molecular complexity index is 1300. The van der Waals surface area contributed by atoms with Crippen molar-refractivity contribution in [1.29, 1.82) is 0 Å². The minimum atomic E-state index is -0.720. The van der Waals surface area contributed by atoms with E-state index in [0.29, 0.717) is 37.5 Å². The van der Waals surface area contributed by atoms with Crippen LogP contribution in [0.4, 0.5) is 5.82 Å². The number of rotatable bonds is 8. The Morgan fingerprint density at radius 1 is 1.06 bits per heavy atom. The number of carbonyl (C=O) groups excluding carboxylic acids is 2. The summed E-state index contributed by atoms with van der Waals surface area (Å²) in [5.41, 5.74) is 3.08. The van der Waals surface area contributed by atoms with E-state index in [9.17, 15) is 9.59 Å². The van der Waals surface area contributed by atoms with E-state index in [1.54, 1.807) is 17.2 Å². The van der Waals surface area contributed by atoms with Crippen LogP contribution in [0.3, 0.4) is 0 Å². The lowest BCUT2D eigenvalue weighted by Crippen LogP contribution is -2.42. The van der Waals surface area contributed by atoms with Gasteiger partial charge in [0.15, 0.2) is 11.6 Å². The van der Waals surface area contributed by atoms with Crippen molar-refractivity contribution < 1.29 is 14.3 Å². The molecule has 7 heteroatoms. The molecule has 2 aromatic heterocycles. The van der Waals surface area contributed by atoms with Crippen LogP contribution in [0.15, 0.2) is 79.1 Å². The monoisotopic (exact) mass is 454 g/mol. The highest BCUT2D eigenvalue weighted by molar-refractivity contribution is 5.99. The van der Waals surface area contributed by atoms with Crippen LogP contribution in [0.5, 0.6) is 5.75 Å². The molecule has 5 rings (SSSR count). The molecule has 1 aliphatic rings. The number of hydrogen-bond donors (Lipinski definition) is 2. The zero-order chi connectivity index (χ0) is 23.3. The van der Waals surface area contributed by atoms with Gasteiger partial charge in [-0.15, -0.1) is 0 Å². The van der Waals surface area contributed by atoms with Crippen LogP contribution < -0.4 is 15.0 Å². The highest BCUT2D eigenvalue weighted by Crippen LogP contribution is 2.37. The average Bonchev–Trinajstić information content (AvgIpc) is 3.29. The molecule has 7 nitrogen and oxygen atoms in total. The minimum Gasteiger partial charge on any atom is -0.472 e. The van der Waals surface area contributed by atoms with E-state index in [2.05, 4.69) is 21.4 Å². The molecule has 3 heterocycles. The van der Waals surface area contributed by atoms with Crippen LogP contribution in [-0.2, 0) is 16.0 Å². The molecular formula is C27H26N4O3. The number of H-pyrrole nitrogens is 1. The zero-order valence-corrected chi connectivity index (χ0v) is 18.7. The van der Waals surface area contributed by atoms with Crippen molar-refractivity contribution in [3.05, 3.63) is 90.3 Å². The van der Waals surface area contributed by atoms with Crippen molar-refractivity contribution in [2.45, 2.75) is 25.4 Å². The molecule has 0 aliphatic carbocycles. The van der Waals surface area contributed by atoms with Gasteiger partial charge in [0.25, 0.3) is 5.91 Å². The molecule has 2 aromatic carbocycles. The fourth-order valence-corrected chi connectivity index (χ4v) is 4.32. The van der Waals surface area contributed by atoms with Gasteiger partial charge in [0.2, 0.25) is 12.0 Å². The van der Waals surface area contributed by atoms with Gasteiger partial charge in [-0.05, 0) is 36.6 Å². The van der Waals surface area contributed by atoms with Crippen molar-refractivity contribution in [3.8, 4) is 5.75 Å². The Morgan fingerprint density at radius 3 is 2.76 bits per heavy atom. The lowest BCUT2D eigenvalue weighted by Gasteiger charge is -2.33. The molecule has 0 bridgehead atoms. The summed E-state index contributed by atoms with van der Waals surface area (Å²) in [6.45, 7) is 0.961. The summed E-state index contributed by atoms with van der Waals surface area (Å²) in [7, 11) is 0. The molecule has 34 heavy (non-hydrogen) atoms. The molecule has 1 aliphatic heterocycles. The van der Waals surface area contributed by atoms with Crippen molar-refractivity contribution in [1.82, 2.24) is 15.3 Å². The fourth-order valence-electron chi connectivity index (χ4n) is 4.32. The standard InChI is InChI=1S/C27H26N4O3/c32-24(28-16-14-20-18-30-22-11-5-4-10-21(20)22)13-7-17-31-26-23(12-6-15-29-26)34-25(27(31)33)19-8-2-1-3-9-19/h1-6,8-12,15,18,25,30H,7,13-14,16-17H2,(H,28,32). The van der Waals surface area contributed by atoms with Gasteiger partial charge in [-0.1, -0.05) is 48.5 Å². The van der Waals surface area contributed by atoms with Crippen molar-refractivity contribution in [3.63, 3.8) is 0 Å². The van der Waals surface area contributed by atoms with Gasteiger partial charge in [0.1, 0.15) is 0 Å². The van der Waals surface area contributed by atoms with Gasteiger partial charge >= 0.3 is 0 Å². The molecule has 0 fully saturated rings. The first-order valence-electron chi connectivity index (χ1n) is 11.5. The van der Waals surface area contributed by atoms with Crippen molar-refractivity contribution in [2.75, 3.05) is 18.0 Å². The number of aromatic nitrogens is 2. The van der Waals surface area contributed by atoms with Crippen LogP contribution >= 0.6 is 0 Å². The number of pyridine rings is 1. The maximum atomic E-state index is 13.2. The first-order chi connectivity index (χ1) is 16.7. The summed E-state index contributed by atoms with van der Waals surface area (Å²) in [5.74, 6) is 0.872. The lowest BCUT2D eigenvalue weighted by atomic mass is 10.1. The second-order valence-corrected chi connectivity index (χ2v) is 8.29. The molecule has 0 radical (unpaired) electrons. The van der Waals surface area contributed by atoms with Crippen molar-refractivity contribution in [2.24, 2.45) is 0 Å². The van der Waals surface area contributed by atoms with E-state index in [4.69, 9.17) is 4.74 Å². The second-order valence-electron chi connectivity index (χ2n) is 8.29. The second kappa shape index (κ2) is 9.79. The molecule has 1 atom stereocenters. The van der Waals surface area contributed by atoms with Gasteiger partial charge in [-0.2, -0.15) is 0 Å². The highest BCUT2D eigenvalue weighted by Gasteiger charge is 2.36. The van der Waals surface area contributed by atoms with Crippen LogP contribution in [0, 0.1) is 0 Å². The number of para-hydroxylation sites is 1. The van der Waals surface area contributed by atoms with Gasteiger partial charge in [-0.25, -0.2) is 4.98 Å². The van der Waals surface area contributed by atoms with Gasteiger partial charge < -0.3 is 15.0 Å². The molecule has 2 N–H and O–H groups in total. The predicted molar refractivity (Wildman–Crippen MR) is 131 cm³/mol. The number of amides is 2. The number of nitrogens with zero attached hydrogens (tertiary/aromatic N) is 2. The Kier molecular flexibility index (Phi) is 6.25. The van der Waals surface area contributed by atoms with Gasteiger partial charge in [0, 0.05) is 48.4 Å². The zero-order valence-electron chi connectivity index (χ0n) is 18.7. The van der Waals surface area contributed by atoms with E-state index in [-0.39, 0.29) is 11.8 Å². The molecule has 0 spiro atoms.